The first-order valence-corrected chi connectivity index (χ1v) is 12.0. The Morgan fingerprint density at radius 1 is 1.00 bits per heavy atom. The molecule has 2 aliphatic heterocycles. The van der Waals surface area contributed by atoms with E-state index in [1.807, 2.05) is 9.47 Å². The highest BCUT2D eigenvalue weighted by molar-refractivity contribution is 7.99. The fourth-order valence-electron chi connectivity index (χ4n) is 4.58. The predicted octanol–water partition coefficient (Wildman–Crippen LogP) is 1.56. The van der Waals surface area contributed by atoms with Gasteiger partial charge in [-0.25, -0.2) is 4.79 Å². The lowest BCUT2D eigenvalue weighted by Crippen LogP contribution is -2.38. The van der Waals surface area contributed by atoms with Gasteiger partial charge in [-0.05, 0) is 44.9 Å². The molecule has 0 unspecified atom stereocenters. The van der Waals surface area contributed by atoms with Gasteiger partial charge in [-0.1, -0.05) is 11.8 Å². The lowest BCUT2D eigenvalue weighted by molar-refractivity contribution is -0.129. The predicted molar refractivity (Wildman–Crippen MR) is 114 cm³/mol. The number of nitrogens with zero attached hydrogens (tertiary/aromatic N) is 4. The summed E-state index contributed by atoms with van der Waals surface area (Å²) in [4.78, 5) is 34.0. The molecule has 2 saturated heterocycles. The highest BCUT2D eigenvalue weighted by atomic mass is 32.2. The minimum absolute atomic E-state index is 0.152. The summed E-state index contributed by atoms with van der Waals surface area (Å²) < 4.78 is 7.29. The molecule has 0 N–H and O–H groups in total. The van der Waals surface area contributed by atoms with E-state index in [1.165, 1.54) is 23.7 Å². The molecule has 0 spiro atoms. The second kappa shape index (κ2) is 10.1. The van der Waals surface area contributed by atoms with Crippen LogP contribution in [0.5, 0.6) is 0 Å². The van der Waals surface area contributed by atoms with Crippen LogP contribution in [0.1, 0.15) is 43.4 Å². The van der Waals surface area contributed by atoms with E-state index in [0.717, 1.165) is 102 Å². The fraction of sp³-hybridized carbons (Fsp3) is 0.762. The zero-order chi connectivity index (χ0) is 20.1. The van der Waals surface area contributed by atoms with E-state index in [4.69, 9.17) is 4.74 Å². The maximum absolute atomic E-state index is 12.7. The molecule has 0 radical (unpaired) electrons. The Labute approximate surface area is 176 Å². The van der Waals surface area contributed by atoms with Crippen LogP contribution in [0.2, 0.25) is 0 Å². The molecule has 1 amide bonds. The summed E-state index contributed by atoms with van der Waals surface area (Å²) in [5, 5.41) is 0.789. The molecule has 8 heteroatoms. The lowest BCUT2D eigenvalue weighted by atomic mass is 10.1. The number of carbonyl (C=O) groups excluding carboxylic acids is 1. The molecule has 7 nitrogen and oxygen atoms in total. The van der Waals surface area contributed by atoms with Crippen LogP contribution in [0.3, 0.4) is 0 Å². The van der Waals surface area contributed by atoms with Crippen molar-refractivity contribution in [2.45, 2.75) is 56.5 Å². The van der Waals surface area contributed by atoms with Gasteiger partial charge in [-0.15, -0.1) is 0 Å². The number of hydrogen-bond donors (Lipinski definition) is 0. The number of amides is 1. The molecule has 160 valence electrons. The van der Waals surface area contributed by atoms with Crippen LogP contribution in [-0.2, 0) is 28.9 Å². The SMILES string of the molecule is O=C(CSc1nc(=O)n(CCCN2CCOCC2)c2c1CCC2)N1CCCCC1. The summed E-state index contributed by atoms with van der Waals surface area (Å²) in [5.41, 5.74) is 2.20. The van der Waals surface area contributed by atoms with E-state index in [0.29, 0.717) is 5.75 Å². The Morgan fingerprint density at radius 3 is 2.59 bits per heavy atom. The summed E-state index contributed by atoms with van der Waals surface area (Å²) in [6.07, 6.45) is 7.35. The summed E-state index contributed by atoms with van der Waals surface area (Å²) in [6.45, 7) is 7.02. The summed E-state index contributed by atoms with van der Waals surface area (Å²) >= 11 is 1.46. The first kappa shape index (κ1) is 20.9. The molecule has 4 rings (SSSR count). The summed E-state index contributed by atoms with van der Waals surface area (Å²) in [7, 11) is 0. The molecule has 0 aromatic carbocycles. The van der Waals surface area contributed by atoms with Crippen LogP contribution < -0.4 is 5.69 Å². The smallest absolute Gasteiger partial charge is 0.348 e. The first-order valence-electron chi connectivity index (χ1n) is 11.1. The molecule has 1 aromatic rings. The van der Waals surface area contributed by atoms with Gasteiger partial charge in [-0.3, -0.25) is 14.3 Å². The van der Waals surface area contributed by atoms with Crippen LogP contribution in [0.25, 0.3) is 0 Å². The number of thioether (sulfide) groups is 1. The van der Waals surface area contributed by atoms with E-state index in [2.05, 4.69) is 9.88 Å². The maximum Gasteiger partial charge on any atom is 0.348 e. The number of aromatic nitrogens is 2. The van der Waals surface area contributed by atoms with Crippen LogP contribution in [0, 0.1) is 0 Å². The van der Waals surface area contributed by atoms with Crippen molar-refractivity contribution in [1.29, 1.82) is 0 Å². The van der Waals surface area contributed by atoms with Crippen molar-refractivity contribution < 1.29 is 9.53 Å². The van der Waals surface area contributed by atoms with Crippen LogP contribution >= 0.6 is 11.8 Å². The fourth-order valence-corrected chi connectivity index (χ4v) is 5.56. The second-order valence-electron chi connectivity index (χ2n) is 8.17. The Bertz CT molecular complexity index is 770. The van der Waals surface area contributed by atoms with Crippen molar-refractivity contribution >= 4 is 17.7 Å². The molecular weight excluding hydrogens is 388 g/mol. The molecule has 3 heterocycles. The number of carbonyl (C=O) groups is 1. The van der Waals surface area contributed by atoms with Gasteiger partial charge in [0.2, 0.25) is 5.91 Å². The number of likely N-dealkylation sites (tertiary alicyclic amines) is 1. The molecule has 0 atom stereocenters. The van der Waals surface area contributed by atoms with Crippen molar-refractivity contribution in [3.63, 3.8) is 0 Å². The average molecular weight is 421 g/mol. The average Bonchev–Trinajstić information content (AvgIpc) is 3.25. The van der Waals surface area contributed by atoms with E-state index >= 15 is 0 Å². The van der Waals surface area contributed by atoms with Gasteiger partial charge >= 0.3 is 5.69 Å². The highest BCUT2D eigenvalue weighted by Gasteiger charge is 2.24. The molecule has 3 aliphatic rings. The molecule has 1 aliphatic carbocycles. The summed E-state index contributed by atoms with van der Waals surface area (Å²) in [5.74, 6) is 0.567. The zero-order valence-corrected chi connectivity index (χ0v) is 18.1. The Hall–Kier alpha value is -1.38. The standard InChI is InChI=1S/C21H32N4O3S/c26-19(24-9-2-1-3-10-24)16-29-20-17-6-4-7-18(17)25(21(27)22-20)11-5-8-23-12-14-28-15-13-23/h1-16H2. The van der Waals surface area contributed by atoms with Crippen molar-refractivity contribution in [2.24, 2.45) is 0 Å². The van der Waals surface area contributed by atoms with Crippen LogP contribution in [0.4, 0.5) is 0 Å². The van der Waals surface area contributed by atoms with Crippen LogP contribution in [-0.4, -0.2) is 76.9 Å². The third-order valence-corrected chi connectivity index (χ3v) is 7.20. The quantitative estimate of drug-likeness (QED) is 0.493. The topological polar surface area (TPSA) is 67.7 Å². The van der Waals surface area contributed by atoms with Gasteiger partial charge in [-0.2, -0.15) is 4.98 Å². The normalized spacial score (nSPS) is 20.1. The molecule has 0 bridgehead atoms. The van der Waals surface area contributed by atoms with Gasteiger partial charge < -0.3 is 9.64 Å². The highest BCUT2D eigenvalue weighted by Crippen LogP contribution is 2.29. The van der Waals surface area contributed by atoms with Gasteiger partial charge in [0.05, 0.1) is 19.0 Å². The first-order chi connectivity index (χ1) is 14.2. The summed E-state index contributed by atoms with van der Waals surface area (Å²) in [6, 6.07) is 0. The third-order valence-electron chi connectivity index (χ3n) is 6.20. The van der Waals surface area contributed by atoms with Gasteiger partial charge in [0.15, 0.2) is 0 Å². The third kappa shape index (κ3) is 5.22. The Balaban J connectivity index is 1.38. The number of morpholine rings is 1. The number of rotatable bonds is 7. The van der Waals surface area contributed by atoms with Crippen LogP contribution in [0.15, 0.2) is 9.82 Å². The van der Waals surface area contributed by atoms with E-state index < -0.39 is 0 Å². The van der Waals surface area contributed by atoms with E-state index in [-0.39, 0.29) is 11.6 Å². The second-order valence-corrected chi connectivity index (χ2v) is 9.13. The Kier molecular flexibility index (Phi) is 7.26. The number of fused-ring (bicyclic) bond motifs is 1. The minimum Gasteiger partial charge on any atom is -0.379 e. The minimum atomic E-state index is -0.152. The van der Waals surface area contributed by atoms with E-state index in [9.17, 15) is 9.59 Å². The molecule has 2 fully saturated rings. The Morgan fingerprint density at radius 2 is 1.79 bits per heavy atom. The largest absolute Gasteiger partial charge is 0.379 e. The van der Waals surface area contributed by atoms with Gasteiger partial charge in [0, 0.05) is 50.5 Å². The van der Waals surface area contributed by atoms with Crippen molar-refractivity contribution in [3.05, 3.63) is 21.7 Å². The zero-order valence-electron chi connectivity index (χ0n) is 17.2. The van der Waals surface area contributed by atoms with E-state index in [1.54, 1.807) is 0 Å². The molecule has 29 heavy (non-hydrogen) atoms. The van der Waals surface area contributed by atoms with Crippen molar-refractivity contribution in [1.82, 2.24) is 19.4 Å². The molecule has 0 saturated carbocycles. The van der Waals surface area contributed by atoms with Gasteiger partial charge in [0.1, 0.15) is 5.03 Å². The lowest BCUT2D eigenvalue weighted by Gasteiger charge is -2.27. The van der Waals surface area contributed by atoms with Crippen molar-refractivity contribution in [3.8, 4) is 0 Å². The number of piperidine rings is 1. The number of ether oxygens (including phenoxy) is 1. The maximum atomic E-state index is 12.7. The monoisotopic (exact) mass is 420 g/mol. The molecular formula is C21H32N4O3S. The van der Waals surface area contributed by atoms with Gasteiger partial charge in [0.25, 0.3) is 0 Å². The van der Waals surface area contributed by atoms with Crippen molar-refractivity contribution in [2.75, 3.05) is 51.7 Å². The molecule has 1 aromatic heterocycles. The number of hydrogen-bond acceptors (Lipinski definition) is 6.